The zero-order valence-electron chi connectivity index (χ0n) is 16.5. The molecule has 138 valence electrons. The highest BCUT2D eigenvalue weighted by atomic mass is 16.6. The van der Waals surface area contributed by atoms with Crippen molar-refractivity contribution in [3.05, 3.63) is 0 Å². The van der Waals surface area contributed by atoms with E-state index in [1.807, 2.05) is 55.4 Å². The van der Waals surface area contributed by atoms with Crippen molar-refractivity contribution in [1.82, 2.24) is 0 Å². The number of carbonyl (C=O) groups excluding carboxylic acids is 3. The Hall–Kier alpha value is -1.39. The molecule has 0 aromatic carbocycles. The van der Waals surface area contributed by atoms with Crippen LogP contribution in [0, 0.1) is 34.0 Å². The van der Waals surface area contributed by atoms with Crippen molar-refractivity contribution in [2.75, 3.05) is 6.61 Å². The molecule has 1 fully saturated rings. The molecule has 3 atom stereocenters. The van der Waals surface area contributed by atoms with Crippen molar-refractivity contribution in [1.29, 1.82) is 0 Å². The van der Waals surface area contributed by atoms with Gasteiger partial charge in [-0.1, -0.05) is 55.4 Å². The van der Waals surface area contributed by atoms with Crippen LogP contribution in [0.25, 0.3) is 0 Å². The normalized spacial score (nSPS) is 23.9. The third-order valence-corrected chi connectivity index (χ3v) is 6.14. The predicted molar refractivity (Wildman–Crippen MR) is 90.9 cm³/mol. The molecule has 0 aromatic rings. The number of cyclic esters (lactones) is 2. The van der Waals surface area contributed by atoms with Gasteiger partial charge in [0, 0.05) is 0 Å². The number of carbonyl (C=O) groups is 3. The van der Waals surface area contributed by atoms with Gasteiger partial charge in [0.05, 0.1) is 24.4 Å². The highest BCUT2D eigenvalue weighted by Gasteiger charge is 2.61. The van der Waals surface area contributed by atoms with Gasteiger partial charge in [-0.05, 0) is 23.2 Å². The average molecular weight is 340 g/mol. The zero-order chi connectivity index (χ0) is 19.1. The van der Waals surface area contributed by atoms with Gasteiger partial charge in [-0.2, -0.15) is 0 Å². The maximum Gasteiger partial charge on any atom is 0.318 e. The van der Waals surface area contributed by atoms with E-state index >= 15 is 0 Å². The maximum absolute atomic E-state index is 12.5. The standard InChI is InChI=1S/C19H32O5/c1-10-23-14(20)11(2)18(6,7)19(8,9)13-12(17(3,4)5)15(21)24-16(13)22/h11-13H,10H2,1-9H3/t11?,12-,13?/m0/s1. The lowest BCUT2D eigenvalue weighted by Crippen LogP contribution is -2.51. The van der Waals surface area contributed by atoms with E-state index in [4.69, 9.17) is 9.47 Å². The lowest BCUT2D eigenvalue weighted by Gasteiger charge is -2.49. The summed E-state index contributed by atoms with van der Waals surface area (Å²) in [5, 5.41) is 0. The molecule has 1 aliphatic rings. The van der Waals surface area contributed by atoms with Crippen molar-refractivity contribution in [3.63, 3.8) is 0 Å². The van der Waals surface area contributed by atoms with E-state index in [1.165, 1.54) is 0 Å². The lowest BCUT2D eigenvalue weighted by atomic mass is 9.52. The summed E-state index contributed by atoms with van der Waals surface area (Å²) in [6.07, 6.45) is 0. The Morgan fingerprint density at radius 2 is 1.50 bits per heavy atom. The molecule has 0 aromatic heterocycles. The van der Waals surface area contributed by atoms with Gasteiger partial charge in [-0.3, -0.25) is 14.4 Å². The minimum atomic E-state index is -0.639. The molecule has 5 nitrogen and oxygen atoms in total. The number of hydrogen-bond acceptors (Lipinski definition) is 5. The zero-order valence-corrected chi connectivity index (χ0v) is 16.5. The summed E-state index contributed by atoms with van der Waals surface area (Å²) in [7, 11) is 0. The first-order chi connectivity index (χ1) is 10.7. The molecule has 2 unspecified atom stereocenters. The van der Waals surface area contributed by atoms with Crippen LogP contribution >= 0.6 is 0 Å². The summed E-state index contributed by atoms with van der Waals surface area (Å²) in [6, 6.07) is 0. The summed E-state index contributed by atoms with van der Waals surface area (Å²) in [6.45, 7) is 17.5. The molecule has 0 spiro atoms. The molecule has 0 aliphatic carbocycles. The van der Waals surface area contributed by atoms with E-state index < -0.39 is 45.9 Å². The van der Waals surface area contributed by atoms with Crippen molar-refractivity contribution in [3.8, 4) is 0 Å². The molecule has 24 heavy (non-hydrogen) atoms. The number of hydrogen-bond donors (Lipinski definition) is 0. The Kier molecular flexibility index (Phi) is 5.58. The van der Waals surface area contributed by atoms with Crippen LogP contribution in [0.15, 0.2) is 0 Å². The van der Waals surface area contributed by atoms with Crippen LogP contribution in [0.1, 0.15) is 62.3 Å². The minimum absolute atomic E-state index is 0.291. The van der Waals surface area contributed by atoms with Gasteiger partial charge < -0.3 is 9.47 Å². The summed E-state index contributed by atoms with van der Waals surface area (Å²) >= 11 is 0. The molecule has 0 bridgehead atoms. The predicted octanol–water partition coefficient (Wildman–Crippen LogP) is 3.60. The number of rotatable bonds is 5. The first-order valence-electron chi connectivity index (χ1n) is 8.61. The van der Waals surface area contributed by atoms with Gasteiger partial charge in [-0.15, -0.1) is 0 Å². The third-order valence-electron chi connectivity index (χ3n) is 6.14. The van der Waals surface area contributed by atoms with Crippen LogP contribution in [0.5, 0.6) is 0 Å². The molecule has 1 aliphatic heterocycles. The van der Waals surface area contributed by atoms with E-state index in [0.717, 1.165) is 0 Å². The number of esters is 3. The second kappa shape index (κ2) is 6.49. The van der Waals surface area contributed by atoms with Gasteiger partial charge in [-0.25, -0.2) is 0 Å². The molecular weight excluding hydrogens is 308 g/mol. The van der Waals surface area contributed by atoms with E-state index in [1.54, 1.807) is 6.92 Å². The van der Waals surface area contributed by atoms with Crippen molar-refractivity contribution < 1.29 is 23.9 Å². The minimum Gasteiger partial charge on any atom is -0.466 e. The third kappa shape index (κ3) is 3.35. The Balaban J connectivity index is 3.31. The molecule has 0 N–H and O–H groups in total. The fourth-order valence-corrected chi connectivity index (χ4v) is 3.58. The second-order valence-corrected chi connectivity index (χ2v) is 8.98. The van der Waals surface area contributed by atoms with Crippen LogP contribution in [-0.2, 0) is 23.9 Å². The summed E-state index contributed by atoms with van der Waals surface area (Å²) in [5.74, 6) is -2.80. The monoisotopic (exact) mass is 340 g/mol. The van der Waals surface area contributed by atoms with E-state index in [9.17, 15) is 14.4 Å². The summed E-state index contributed by atoms with van der Waals surface area (Å²) in [5.41, 5.74) is -1.62. The van der Waals surface area contributed by atoms with Crippen LogP contribution in [0.4, 0.5) is 0 Å². The topological polar surface area (TPSA) is 69.7 Å². The van der Waals surface area contributed by atoms with Gasteiger partial charge in [0.15, 0.2) is 0 Å². The van der Waals surface area contributed by atoms with Gasteiger partial charge in [0.25, 0.3) is 0 Å². The molecule has 0 radical (unpaired) electrons. The second-order valence-electron chi connectivity index (χ2n) is 8.98. The first-order valence-corrected chi connectivity index (χ1v) is 8.61. The van der Waals surface area contributed by atoms with Crippen LogP contribution in [0.2, 0.25) is 0 Å². The van der Waals surface area contributed by atoms with E-state index in [-0.39, 0.29) is 5.97 Å². The number of ether oxygens (including phenoxy) is 2. The summed E-state index contributed by atoms with van der Waals surface area (Å²) in [4.78, 5) is 37.1. The maximum atomic E-state index is 12.5. The highest BCUT2D eigenvalue weighted by Crippen LogP contribution is 2.56. The molecule has 0 amide bonds. The molecular formula is C19H32O5. The first kappa shape index (κ1) is 20.7. The quantitative estimate of drug-likeness (QED) is 0.565. The van der Waals surface area contributed by atoms with E-state index in [2.05, 4.69) is 0 Å². The smallest absolute Gasteiger partial charge is 0.318 e. The van der Waals surface area contributed by atoms with Crippen LogP contribution < -0.4 is 0 Å². The Morgan fingerprint density at radius 1 is 1.04 bits per heavy atom. The summed E-state index contributed by atoms with van der Waals surface area (Å²) < 4.78 is 10.2. The fourth-order valence-electron chi connectivity index (χ4n) is 3.58. The molecule has 5 heteroatoms. The van der Waals surface area contributed by atoms with Crippen molar-refractivity contribution in [2.24, 2.45) is 34.0 Å². The van der Waals surface area contributed by atoms with Gasteiger partial charge in [0.1, 0.15) is 0 Å². The fraction of sp³-hybridized carbons (Fsp3) is 0.842. The Labute approximate surface area is 145 Å². The molecule has 0 saturated carbocycles. The largest absolute Gasteiger partial charge is 0.466 e. The molecule has 1 rings (SSSR count). The highest BCUT2D eigenvalue weighted by molar-refractivity contribution is 5.97. The van der Waals surface area contributed by atoms with Crippen molar-refractivity contribution >= 4 is 17.9 Å². The van der Waals surface area contributed by atoms with Gasteiger partial charge in [0.2, 0.25) is 0 Å². The SMILES string of the molecule is CCOC(=O)C(C)C(C)(C)C(C)(C)C1C(=O)OC(=O)[C@H]1C(C)(C)C. The van der Waals surface area contributed by atoms with Crippen molar-refractivity contribution in [2.45, 2.75) is 62.3 Å². The van der Waals surface area contributed by atoms with E-state index in [0.29, 0.717) is 6.61 Å². The molecule has 1 heterocycles. The molecule has 1 saturated heterocycles. The Bertz CT molecular complexity index is 524. The lowest BCUT2D eigenvalue weighted by molar-refractivity contribution is -0.162. The van der Waals surface area contributed by atoms with Gasteiger partial charge >= 0.3 is 17.9 Å². The van der Waals surface area contributed by atoms with Crippen LogP contribution in [-0.4, -0.2) is 24.5 Å². The Morgan fingerprint density at radius 3 is 1.92 bits per heavy atom. The van der Waals surface area contributed by atoms with Crippen LogP contribution in [0.3, 0.4) is 0 Å². The average Bonchev–Trinajstić information content (AvgIpc) is 2.72.